The number of alkyl halides is 1. The topological polar surface area (TPSA) is 89.9 Å². The van der Waals surface area contributed by atoms with Gasteiger partial charge in [0.25, 0.3) is 5.19 Å². The molecule has 7 nitrogen and oxygen atoms in total. The lowest BCUT2D eigenvalue weighted by Crippen LogP contribution is -2.27. The van der Waals surface area contributed by atoms with Gasteiger partial charge in [-0.2, -0.15) is 0 Å². The average Bonchev–Trinajstić information content (AvgIpc) is 2.95. The molecule has 0 spiro atoms. The fraction of sp³-hybridized carbons (Fsp3) is 0.333. The molecule has 1 unspecified atom stereocenters. The standard InChI is InChI=1S/C15H16ClN3O4S/c1-15(2,3)23-13(20)18-9-4-6-10(7-5-9)22-14-17-8-11(24-14)12(16)19-21/h4-8,12H,1-3H3,(H,18,20). The van der Waals surface area contributed by atoms with Gasteiger partial charge in [-0.3, -0.25) is 5.32 Å². The Morgan fingerprint density at radius 3 is 2.58 bits per heavy atom. The van der Waals surface area contributed by atoms with Crippen molar-refractivity contribution >= 4 is 34.7 Å². The Labute approximate surface area is 147 Å². The van der Waals surface area contributed by atoms with Crippen molar-refractivity contribution in [3.05, 3.63) is 40.2 Å². The van der Waals surface area contributed by atoms with Crippen LogP contribution in [0.1, 0.15) is 31.1 Å². The Bertz CT molecular complexity index is 712. The lowest BCUT2D eigenvalue weighted by Gasteiger charge is -2.19. The van der Waals surface area contributed by atoms with Gasteiger partial charge in [0, 0.05) is 11.9 Å². The number of aromatic nitrogens is 1. The van der Waals surface area contributed by atoms with E-state index in [1.165, 1.54) is 6.20 Å². The summed E-state index contributed by atoms with van der Waals surface area (Å²) in [5, 5.41) is 5.68. The summed E-state index contributed by atoms with van der Waals surface area (Å²) in [7, 11) is 0. The number of hydrogen-bond donors (Lipinski definition) is 1. The second-order valence-corrected chi connectivity index (χ2v) is 7.16. The molecule has 1 aromatic heterocycles. The lowest BCUT2D eigenvalue weighted by molar-refractivity contribution is 0.0636. The number of rotatable bonds is 5. The van der Waals surface area contributed by atoms with E-state index in [1.807, 2.05) is 0 Å². The Kier molecular flexibility index (Phi) is 5.74. The van der Waals surface area contributed by atoms with Gasteiger partial charge < -0.3 is 9.47 Å². The van der Waals surface area contributed by atoms with E-state index >= 15 is 0 Å². The zero-order chi connectivity index (χ0) is 17.7. The van der Waals surface area contributed by atoms with Crippen LogP contribution in [-0.2, 0) is 4.74 Å². The van der Waals surface area contributed by atoms with Crippen LogP contribution in [0.25, 0.3) is 0 Å². The molecule has 1 amide bonds. The normalized spacial score (nSPS) is 12.3. The molecule has 128 valence electrons. The second kappa shape index (κ2) is 7.59. The molecule has 0 fully saturated rings. The van der Waals surface area contributed by atoms with Crippen LogP contribution in [0.3, 0.4) is 0 Å². The average molecular weight is 370 g/mol. The second-order valence-electron chi connectivity index (χ2n) is 5.72. The zero-order valence-corrected chi connectivity index (χ0v) is 14.9. The quantitative estimate of drug-likeness (QED) is 0.439. The van der Waals surface area contributed by atoms with Crippen molar-refractivity contribution < 1.29 is 14.3 Å². The Hall–Kier alpha value is -2.19. The predicted octanol–water partition coefficient (Wildman–Crippen LogP) is 5.29. The Morgan fingerprint density at radius 1 is 1.33 bits per heavy atom. The number of ether oxygens (including phenoxy) is 2. The van der Waals surface area contributed by atoms with E-state index < -0.39 is 17.2 Å². The van der Waals surface area contributed by atoms with Crippen molar-refractivity contribution in [2.45, 2.75) is 31.9 Å². The fourth-order valence-corrected chi connectivity index (χ4v) is 2.49. The minimum absolute atomic E-state index is 0.340. The van der Waals surface area contributed by atoms with Gasteiger partial charge in [-0.1, -0.05) is 22.9 Å². The molecule has 0 aliphatic carbocycles. The number of halogens is 1. The number of amides is 1. The van der Waals surface area contributed by atoms with Crippen LogP contribution in [0.5, 0.6) is 10.9 Å². The van der Waals surface area contributed by atoms with Gasteiger partial charge in [-0.25, -0.2) is 9.78 Å². The first kappa shape index (κ1) is 18.2. The smallest absolute Gasteiger partial charge is 0.412 e. The van der Waals surface area contributed by atoms with Crippen molar-refractivity contribution in [3.8, 4) is 10.9 Å². The van der Waals surface area contributed by atoms with Crippen LogP contribution in [0.4, 0.5) is 10.5 Å². The first-order valence-electron chi connectivity index (χ1n) is 6.97. The molecular weight excluding hydrogens is 354 g/mol. The van der Waals surface area contributed by atoms with E-state index in [9.17, 15) is 9.70 Å². The van der Waals surface area contributed by atoms with E-state index in [0.717, 1.165) is 11.3 Å². The van der Waals surface area contributed by atoms with Gasteiger partial charge in [0.1, 0.15) is 11.4 Å². The molecule has 1 N–H and O–H groups in total. The van der Waals surface area contributed by atoms with Crippen molar-refractivity contribution in [3.63, 3.8) is 0 Å². The third kappa shape index (κ3) is 5.47. The highest BCUT2D eigenvalue weighted by molar-refractivity contribution is 7.13. The third-order valence-corrected chi connectivity index (χ3v) is 3.91. The van der Waals surface area contributed by atoms with Gasteiger partial charge in [0.2, 0.25) is 5.50 Å². The summed E-state index contributed by atoms with van der Waals surface area (Å²) in [6, 6.07) is 6.68. The minimum atomic E-state index is -0.972. The SMILES string of the molecule is CC(C)(C)OC(=O)Nc1ccc(Oc2ncc(C(Cl)N=O)s2)cc1. The summed E-state index contributed by atoms with van der Waals surface area (Å²) in [6.45, 7) is 5.37. The molecule has 1 aromatic carbocycles. The summed E-state index contributed by atoms with van der Waals surface area (Å²) in [6.07, 6.45) is 0.910. The van der Waals surface area contributed by atoms with Crippen LogP contribution >= 0.6 is 22.9 Å². The van der Waals surface area contributed by atoms with Gasteiger partial charge in [0.05, 0.1) is 4.88 Å². The molecule has 2 aromatic rings. The van der Waals surface area contributed by atoms with Crippen LogP contribution in [0, 0.1) is 4.91 Å². The highest BCUT2D eigenvalue weighted by atomic mass is 35.5. The molecule has 0 saturated heterocycles. The van der Waals surface area contributed by atoms with Crippen molar-refractivity contribution in [2.24, 2.45) is 5.18 Å². The van der Waals surface area contributed by atoms with Gasteiger partial charge >= 0.3 is 6.09 Å². The molecule has 1 heterocycles. The Morgan fingerprint density at radius 2 is 2.00 bits per heavy atom. The van der Waals surface area contributed by atoms with Crippen molar-refractivity contribution in [1.82, 2.24) is 4.98 Å². The molecule has 0 radical (unpaired) electrons. The summed E-state index contributed by atoms with van der Waals surface area (Å²) in [5.74, 6) is 0.524. The predicted molar refractivity (Wildman–Crippen MR) is 92.9 cm³/mol. The maximum atomic E-state index is 11.7. The molecule has 0 bridgehead atoms. The van der Waals surface area contributed by atoms with E-state index in [-0.39, 0.29) is 0 Å². The number of carbonyl (C=O) groups excluding carboxylic acids is 1. The highest BCUT2D eigenvalue weighted by Crippen LogP contribution is 2.33. The van der Waals surface area contributed by atoms with Crippen LogP contribution < -0.4 is 10.1 Å². The number of anilines is 1. The van der Waals surface area contributed by atoms with E-state index in [4.69, 9.17) is 21.1 Å². The number of nitroso groups, excluding NO2 is 1. The number of benzene rings is 1. The maximum Gasteiger partial charge on any atom is 0.412 e. The first-order chi connectivity index (χ1) is 11.3. The fourth-order valence-electron chi connectivity index (χ4n) is 1.61. The minimum Gasteiger partial charge on any atom is -0.444 e. The summed E-state index contributed by atoms with van der Waals surface area (Å²) in [4.78, 5) is 26.6. The largest absolute Gasteiger partial charge is 0.444 e. The summed E-state index contributed by atoms with van der Waals surface area (Å²) in [5.41, 5.74) is -0.963. The number of hydrogen-bond acceptors (Lipinski definition) is 7. The third-order valence-electron chi connectivity index (χ3n) is 2.53. The summed E-state index contributed by atoms with van der Waals surface area (Å²) < 4.78 is 10.7. The van der Waals surface area contributed by atoms with Gasteiger partial charge in [-0.05, 0) is 50.2 Å². The van der Waals surface area contributed by atoms with Crippen LogP contribution in [-0.4, -0.2) is 16.7 Å². The number of carbonyl (C=O) groups is 1. The number of thiazole rings is 1. The molecule has 24 heavy (non-hydrogen) atoms. The first-order valence-corrected chi connectivity index (χ1v) is 8.22. The molecule has 9 heteroatoms. The van der Waals surface area contributed by atoms with E-state index in [1.54, 1.807) is 45.0 Å². The molecular formula is C15H16ClN3O4S. The van der Waals surface area contributed by atoms with Crippen molar-refractivity contribution in [2.75, 3.05) is 5.32 Å². The molecule has 2 rings (SSSR count). The zero-order valence-electron chi connectivity index (χ0n) is 13.3. The van der Waals surface area contributed by atoms with Gasteiger partial charge in [-0.15, -0.1) is 4.91 Å². The van der Waals surface area contributed by atoms with Crippen LogP contribution in [0.2, 0.25) is 0 Å². The maximum absolute atomic E-state index is 11.7. The monoisotopic (exact) mass is 369 g/mol. The lowest BCUT2D eigenvalue weighted by atomic mass is 10.2. The number of nitrogens with one attached hydrogen (secondary N) is 1. The van der Waals surface area contributed by atoms with Crippen LogP contribution in [0.15, 0.2) is 35.6 Å². The molecule has 0 aliphatic rings. The molecule has 1 atom stereocenters. The molecule has 0 saturated carbocycles. The van der Waals surface area contributed by atoms with E-state index in [0.29, 0.717) is 21.5 Å². The number of nitrogens with zero attached hydrogens (tertiary/aromatic N) is 2. The Balaban J connectivity index is 1.96. The highest BCUT2D eigenvalue weighted by Gasteiger charge is 2.16. The molecule has 0 aliphatic heterocycles. The summed E-state index contributed by atoms with van der Waals surface area (Å²) >= 11 is 6.84. The van der Waals surface area contributed by atoms with Gasteiger partial charge in [0.15, 0.2) is 0 Å². The van der Waals surface area contributed by atoms with E-state index in [2.05, 4.69) is 15.5 Å². The van der Waals surface area contributed by atoms with Crippen molar-refractivity contribution in [1.29, 1.82) is 0 Å².